The molecule has 6 heterocycles. The fourth-order valence-corrected chi connectivity index (χ4v) is 8.58. The number of hydrogen-bond donors (Lipinski definition) is 2. The van der Waals surface area contributed by atoms with E-state index in [0.29, 0.717) is 35.2 Å². The second kappa shape index (κ2) is 13.7. The molecule has 9 rings (SSSR count). The summed E-state index contributed by atoms with van der Waals surface area (Å²) in [7, 11) is 1.37. The first-order valence-electron chi connectivity index (χ1n) is 17.4. The zero-order chi connectivity index (χ0) is 37.1. The van der Waals surface area contributed by atoms with Crippen molar-refractivity contribution in [2.24, 2.45) is 0 Å². The van der Waals surface area contributed by atoms with Gasteiger partial charge in [0, 0.05) is 35.3 Å². The molecule has 3 N–H and O–H groups in total. The highest BCUT2D eigenvalue weighted by Crippen LogP contribution is 2.52. The van der Waals surface area contributed by atoms with E-state index < -0.39 is 36.0 Å². The van der Waals surface area contributed by atoms with Crippen LogP contribution in [0, 0.1) is 24.0 Å². The molecule has 4 aliphatic heterocycles. The molecule has 5 unspecified atom stereocenters. The number of alkyl halides is 1. The number of anilines is 2. The van der Waals surface area contributed by atoms with Crippen molar-refractivity contribution in [2.45, 2.75) is 56.6 Å². The van der Waals surface area contributed by atoms with E-state index in [0.717, 1.165) is 13.0 Å². The van der Waals surface area contributed by atoms with Crippen LogP contribution in [0.15, 0.2) is 42.6 Å². The molecule has 0 aliphatic carbocycles. The lowest BCUT2D eigenvalue weighted by Crippen LogP contribution is -2.46. The summed E-state index contributed by atoms with van der Waals surface area (Å²) in [5.74, 6) is 1.31. The maximum atomic E-state index is 17.0. The van der Waals surface area contributed by atoms with E-state index in [2.05, 4.69) is 25.8 Å². The SMILES string of the molecule is C#Cc1c(F)ccc2cc(O)cc(-c3c(Cl)c4c5c(nc(OC)nc5c3F)N(C(C)c3cccnc3N)C3COCC3O4)c12.FC1CC2CCCN2C1. The van der Waals surface area contributed by atoms with Crippen LogP contribution in [0.25, 0.3) is 32.8 Å². The highest BCUT2D eigenvalue weighted by molar-refractivity contribution is 6.37. The normalized spacial score (nSPS) is 22.4. The van der Waals surface area contributed by atoms with Gasteiger partial charge in [0.1, 0.15) is 41.0 Å². The second-order valence-electron chi connectivity index (χ2n) is 13.7. The van der Waals surface area contributed by atoms with E-state index in [-0.39, 0.29) is 68.7 Å². The number of nitrogen functional groups attached to an aromatic ring is 1. The van der Waals surface area contributed by atoms with Gasteiger partial charge in [0.2, 0.25) is 0 Å². The summed E-state index contributed by atoms with van der Waals surface area (Å²) in [4.78, 5) is 17.5. The largest absolute Gasteiger partial charge is 0.508 e. The van der Waals surface area contributed by atoms with E-state index in [1.807, 2.05) is 17.9 Å². The lowest BCUT2D eigenvalue weighted by atomic mass is 9.92. The number of nitrogens with zero attached hydrogens (tertiary/aromatic N) is 5. The van der Waals surface area contributed by atoms with Gasteiger partial charge in [0.05, 0.1) is 48.4 Å². The minimum Gasteiger partial charge on any atom is -0.508 e. The Bertz CT molecular complexity index is 2290. The number of benzene rings is 3. The van der Waals surface area contributed by atoms with Crippen LogP contribution >= 0.6 is 11.6 Å². The molecular formula is C39H36ClF3N6O4. The Hall–Kier alpha value is -5.03. The number of ether oxygens (including phenoxy) is 3. The van der Waals surface area contributed by atoms with Crippen molar-refractivity contribution < 1.29 is 32.5 Å². The number of hydrogen-bond acceptors (Lipinski definition) is 10. The van der Waals surface area contributed by atoms with Crippen LogP contribution in [-0.4, -0.2) is 82.7 Å². The average molecular weight is 745 g/mol. The molecule has 0 bridgehead atoms. The monoisotopic (exact) mass is 744 g/mol. The van der Waals surface area contributed by atoms with Gasteiger partial charge in [-0.15, -0.1) is 6.42 Å². The molecule has 3 aromatic carbocycles. The highest BCUT2D eigenvalue weighted by Gasteiger charge is 2.44. The summed E-state index contributed by atoms with van der Waals surface area (Å²) in [6.45, 7) is 4.26. The fraction of sp³-hybridized carbons (Fsp3) is 0.359. The molecule has 274 valence electrons. The van der Waals surface area contributed by atoms with Gasteiger partial charge in [0.25, 0.3) is 0 Å². The smallest absolute Gasteiger partial charge is 0.318 e. The van der Waals surface area contributed by atoms with Gasteiger partial charge >= 0.3 is 6.01 Å². The van der Waals surface area contributed by atoms with Gasteiger partial charge in [0.15, 0.2) is 11.6 Å². The maximum absolute atomic E-state index is 17.0. The lowest BCUT2D eigenvalue weighted by Gasteiger charge is -2.36. The molecule has 3 fully saturated rings. The van der Waals surface area contributed by atoms with E-state index in [4.69, 9.17) is 38.0 Å². The van der Waals surface area contributed by atoms with Gasteiger partial charge in [-0.1, -0.05) is 29.7 Å². The van der Waals surface area contributed by atoms with Crippen molar-refractivity contribution in [1.82, 2.24) is 19.9 Å². The number of rotatable bonds is 4. The number of phenols is 1. The number of nitrogens with two attached hydrogens (primary N) is 1. The number of aromatic hydroxyl groups is 1. The van der Waals surface area contributed by atoms with Crippen molar-refractivity contribution >= 4 is 44.9 Å². The molecule has 0 spiro atoms. The summed E-state index contributed by atoms with van der Waals surface area (Å²) in [6, 6.07) is 8.62. The second-order valence-corrected chi connectivity index (χ2v) is 14.1. The number of aromatic nitrogens is 3. The molecule has 0 amide bonds. The fourth-order valence-electron chi connectivity index (χ4n) is 8.26. The van der Waals surface area contributed by atoms with E-state index >= 15 is 4.39 Å². The number of terminal acetylenes is 1. The standard InChI is InChI=1S/C32H24ClF2N5O4.C7H12FN/c1-4-17-20(34)8-7-15-10-16(41)11-19(23(15)17)24-26(33)29-25-28(27(24)35)38-32(42-3)39-31(25)40(21-12-43-13-22(21)44-29)14(2)18-6-5-9-37-30(18)36;8-6-4-7-2-1-3-9(7)5-6/h1,5-11,14,21-22,41H,12-13H2,2-3H3,(H2,36,37);6-7H,1-5H2. The van der Waals surface area contributed by atoms with Crippen LogP contribution in [0.5, 0.6) is 17.5 Å². The third kappa shape index (κ3) is 5.89. The van der Waals surface area contributed by atoms with Gasteiger partial charge < -0.3 is 30.0 Å². The maximum Gasteiger partial charge on any atom is 0.318 e. The molecular weight excluding hydrogens is 709 g/mol. The van der Waals surface area contributed by atoms with Crippen molar-refractivity contribution in [1.29, 1.82) is 0 Å². The van der Waals surface area contributed by atoms with E-state index in [9.17, 15) is 13.9 Å². The predicted octanol–water partition coefficient (Wildman–Crippen LogP) is 6.97. The van der Waals surface area contributed by atoms with Crippen molar-refractivity contribution in [2.75, 3.05) is 44.0 Å². The first-order chi connectivity index (χ1) is 25.6. The van der Waals surface area contributed by atoms with Crippen LogP contribution in [0.3, 0.4) is 0 Å². The third-order valence-electron chi connectivity index (χ3n) is 10.7. The Kier molecular flexibility index (Phi) is 9.08. The Balaban J connectivity index is 0.000000386. The molecule has 0 saturated carbocycles. The van der Waals surface area contributed by atoms with Crippen LogP contribution in [-0.2, 0) is 4.74 Å². The van der Waals surface area contributed by atoms with Crippen LogP contribution in [0.2, 0.25) is 5.02 Å². The minimum atomic E-state index is -0.866. The van der Waals surface area contributed by atoms with Gasteiger partial charge in [-0.3, -0.25) is 4.90 Å². The first kappa shape index (κ1) is 35.0. The molecule has 5 aromatic rings. The minimum absolute atomic E-state index is 0.0626. The van der Waals surface area contributed by atoms with Gasteiger partial charge in [-0.25, -0.2) is 18.2 Å². The lowest BCUT2D eigenvalue weighted by molar-refractivity contribution is 0.141. The van der Waals surface area contributed by atoms with Crippen LogP contribution < -0.4 is 20.1 Å². The average Bonchev–Trinajstić information content (AvgIpc) is 3.85. The first-order valence-corrected chi connectivity index (χ1v) is 17.8. The number of pyridine rings is 1. The van der Waals surface area contributed by atoms with Crippen LogP contribution in [0.4, 0.5) is 24.8 Å². The Morgan fingerprint density at radius 3 is 2.75 bits per heavy atom. The summed E-state index contributed by atoms with van der Waals surface area (Å²) in [6.07, 6.45) is 9.55. The Morgan fingerprint density at radius 2 is 2.00 bits per heavy atom. The number of fused-ring (bicyclic) bond motifs is 3. The summed E-state index contributed by atoms with van der Waals surface area (Å²) in [5, 5.41) is 11.3. The Labute approximate surface area is 308 Å². The van der Waals surface area contributed by atoms with Crippen molar-refractivity contribution in [3.8, 4) is 41.0 Å². The van der Waals surface area contributed by atoms with Gasteiger partial charge in [-0.2, -0.15) is 9.97 Å². The number of methoxy groups -OCH3 is 1. The molecule has 5 atom stereocenters. The molecule has 14 heteroatoms. The highest BCUT2D eigenvalue weighted by atomic mass is 35.5. The molecule has 2 aromatic heterocycles. The van der Waals surface area contributed by atoms with E-state index in [1.54, 1.807) is 12.3 Å². The van der Waals surface area contributed by atoms with Crippen molar-refractivity contribution in [3.05, 3.63) is 70.4 Å². The summed E-state index contributed by atoms with van der Waals surface area (Å²) < 4.78 is 62.4. The summed E-state index contributed by atoms with van der Waals surface area (Å²) >= 11 is 7.06. The number of phenolic OH excluding ortho intramolecular Hbond substituents is 1. The topological polar surface area (TPSA) is 119 Å². The molecule has 4 aliphatic rings. The summed E-state index contributed by atoms with van der Waals surface area (Å²) in [5.41, 5.74) is 6.60. The Morgan fingerprint density at radius 1 is 1.17 bits per heavy atom. The van der Waals surface area contributed by atoms with Crippen molar-refractivity contribution in [3.63, 3.8) is 0 Å². The molecule has 10 nitrogen and oxygen atoms in total. The van der Waals surface area contributed by atoms with Gasteiger partial charge in [-0.05, 0) is 67.9 Å². The quantitative estimate of drug-likeness (QED) is 0.187. The predicted molar refractivity (Wildman–Crippen MR) is 196 cm³/mol. The zero-order valence-electron chi connectivity index (χ0n) is 29.0. The zero-order valence-corrected chi connectivity index (χ0v) is 29.7. The number of halogens is 4. The molecule has 3 saturated heterocycles. The molecule has 0 radical (unpaired) electrons. The third-order valence-corrected chi connectivity index (χ3v) is 11.0. The molecule has 53 heavy (non-hydrogen) atoms. The van der Waals surface area contributed by atoms with Crippen LogP contribution in [0.1, 0.15) is 43.4 Å². The van der Waals surface area contributed by atoms with E-state index in [1.165, 1.54) is 44.2 Å².